The van der Waals surface area contributed by atoms with Crippen LogP contribution in [0.15, 0.2) is 18.5 Å². The van der Waals surface area contributed by atoms with Crippen molar-refractivity contribution < 1.29 is 19.4 Å². The lowest BCUT2D eigenvalue weighted by Crippen LogP contribution is -2.53. The predicted molar refractivity (Wildman–Crippen MR) is 59.0 cm³/mol. The van der Waals surface area contributed by atoms with Gasteiger partial charge in [0.1, 0.15) is 11.6 Å². The number of nitrogens with zero attached hydrogens (tertiary/aromatic N) is 2. The number of ether oxygens (including phenoxy) is 1. The summed E-state index contributed by atoms with van der Waals surface area (Å²) in [6.07, 6.45) is 3.47. The second kappa shape index (κ2) is 4.40. The molecule has 2 rings (SSSR count). The molecule has 1 N–H and O–H groups in total. The molecule has 0 saturated carbocycles. The number of hydrogen-bond acceptors (Lipinski definition) is 5. The van der Waals surface area contributed by atoms with Gasteiger partial charge in [0.05, 0.1) is 12.8 Å². The average molecular weight is 236 g/mol. The van der Waals surface area contributed by atoms with Crippen LogP contribution < -0.4 is 4.90 Å². The molecule has 17 heavy (non-hydrogen) atoms. The number of esters is 1. The van der Waals surface area contributed by atoms with Crippen LogP contribution in [0.1, 0.15) is 16.8 Å². The maximum Gasteiger partial charge on any atom is 0.339 e. The molecule has 2 heterocycles. The molecule has 0 bridgehead atoms. The molecule has 0 aliphatic carbocycles. The molecule has 1 atom stereocenters. The number of pyridine rings is 1. The SMILES string of the molecule is COC(=O)C1CCN1c1ccncc1C(=O)O. The molecule has 1 fully saturated rings. The fraction of sp³-hybridized carbons (Fsp3) is 0.364. The molecule has 0 aromatic carbocycles. The van der Waals surface area contributed by atoms with Gasteiger partial charge in [0.2, 0.25) is 0 Å². The van der Waals surface area contributed by atoms with E-state index in [0.29, 0.717) is 18.7 Å². The minimum atomic E-state index is -1.05. The first-order valence-corrected chi connectivity index (χ1v) is 5.17. The molecule has 1 aliphatic heterocycles. The highest BCUT2D eigenvalue weighted by molar-refractivity contribution is 5.95. The first-order valence-electron chi connectivity index (χ1n) is 5.17. The molecule has 6 nitrogen and oxygen atoms in total. The summed E-state index contributed by atoms with van der Waals surface area (Å²) < 4.78 is 4.66. The van der Waals surface area contributed by atoms with E-state index < -0.39 is 5.97 Å². The third-order valence-corrected chi connectivity index (χ3v) is 2.83. The predicted octanol–water partition coefficient (Wildman–Crippen LogP) is 0.532. The first-order chi connectivity index (χ1) is 8.15. The monoisotopic (exact) mass is 236 g/mol. The normalized spacial score (nSPS) is 18.4. The zero-order valence-electron chi connectivity index (χ0n) is 9.29. The number of rotatable bonds is 3. The molecule has 1 aromatic rings. The summed E-state index contributed by atoms with van der Waals surface area (Å²) in [6.45, 7) is 0.643. The number of methoxy groups -OCH3 is 1. The van der Waals surface area contributed by atoms with Crippen LogP contribution in [0.25, 0.3) is 0 Å². The molecular formula is C11H12N2O4. The van der Waals surface area contributed by atoms with Gasteiger partial charge >= 0.3 is 11.9 Å². The van der Waals surface area contributed by atoms with Crippen LogP contribution in [0.4, 0.5) is 5.69 Å². The minimum Gasteiger partial charge on any atom is -0.478 e. The van der Waals surface area contributed by atoms with Gasteiger partial charge in [0.25, 0.3) is 0 Å². The second-order valence-electron chi connectivity index (χ2n) is 3.72. The number of aromatic carboxylic acids is 1. The van der Waals surface area contributed by atoms with Gasteiger partial charge in [-0.1, -0.05) is 0 Å². The molecule has 6 heteroatoms. The van der Waals surface area contributed by atoms with Crippen molar-refractivity contribution in [2.24, 2.45) is 0 Å². The second-order valence-corrected chi connectivity index (χ2v) is 3.72. The smallest absolute Gasteiger partial charge is 0.339 e. The van der Waals surface area contributed by atoms with Crippen molar-refractivity contribution in [3.63, 3.8) is 0 Å². The summed E-state index contributed by atoms with van der Waals surface area (Å²) in [6, 6.07) is 1.21. The van der Waals surface area contributed by atoms with Gasteiger partial charge in [-0.2, -0.15) is 0 Å². The van der Waals surface area contributed by atoms with Crippen molar-refractivity contribution >= 4 is 17.6 Å². The lowest BCUT2D eigenvalue weighted by Gasteiger charge is -2.41. The number of carbonyl (C=O) groups is 2. The molecular weight excluding hydrogens is 224 g/mol. The molecule has 90 valence electrons. The van der Waals surface area contributed by atoms with Gasteiger partial charge in [-0.05, 0) is 12.5 Å². The highest BCUT2D eigenvalue weighted by Gasteiger charge is 2.36. The minimum absolute atomic E-state index is 0.0982. The third kappa shape index (κ3) is 1.93. The number of hydrogen-bond donors (Lipinski definition) is 1. The lowest BCUT2D eigenvalue weighted by molar-refractivity contribution is -0.143. The zero-order valence-corrected chi connectivity index (χ0v) is 9.29. The van der Waals surface area contributed by atoms with Gasteiger partial charge in [0, 0.05) is 18.9 Å². The Hall–Kier alpha value is -2.11. The molecule has 1 unspecified atom stereocenters. The van der Waals surface area contributed by atoms with Gasteiger partial charge in [-0.3, -0.25) is 4.98 Å². The summed E-state index contributed by atoms with van der Waals surface area (Å²) in [5.74, 6) is -1.40. The summed E-state index contributed by atoms with van der Waals surface area (Å²) >= 11 is 0. The van der Waals surface area contributed by atoms with Crippen LogP contribution in [-0.4, -0.2) is 41.7 Å². The number of carboxylic acid groups (broad SMARTS) is 1. The van der Waals surface area contributed by atoms with Crippen molar-refractivity contribution in [2.45, 2.75) is 12.5 Å². The fourth-order valence-electron chi connectivity index (χ4n) is 1.86. The van der Waals surface area contributed by atoms with Crippen LogP contribution in [-0.2, 0) is 9.53 Å². The Kier molecular flexibility index (Phi) is 2.95. The first kappa shape index (κ1) is 11.4. The molecule has 1 saturated heterocycles. The number of anilines is 1. The summed E-state index contributed by atoms with van der Waals surface area (Å²) in [5.41, 5.74) is 0.607. The van der Waals surface area contributed by atoms with E-state index in [-0.39, 0.29) is 17.6 Å². The van der Waals surface area contributed by atoms with E-state index in [9.17, 15) is 9.59 Å². The van der Waals surface area contributed by atoms with Crippen LogP contribution in [0.5, 0.6) is 0 Å². The zero-order chi connectivity index (χ0) is 12.4. The standard InChI is InChI=1S/C11H12N2O4/c1-17-11(16)9-3-5-13(9)8-2-4-12-6-7(8)10(14)15/h2,4,6,9H,3,5H2,1H3,(H,14,15). The molecule has 1 aliphatic rings. The van der Waals surface area contributed by atoms with E-state index in [1.807, 2.05) is 0 Å². The van der Waals surface area contributed by atoms with Gasteiger partial charge in [-0.25, -0.2) is 9.59 Å². The van der Waals surface area contributed by atoms with E-state index in [4.69, 9.17) is 5.11 Å². The number of carboxylic acids is 1. The number of carbonyl (C=O) groups excluding carboxylic acids is 1. The topological polar surface area (TPSA) is 79.7 Å². The fourth-order valence-corrected chi connectivity index (χ4v) is 1.86. The Morgan fingerprint density at radius 2 is 2.35 bits per heavy atom. The Morgan fingerprint density at radius 3 is 2.88 bits per heavy atom. The van der Waals surface area contributed by atoms with Gasteiger partial charge < -0.3 is 14.7 Å². The third-order valence-electron chi connectivity index (χ3n) is 2.83. The highest BCUT2D eigenvalue weighted by atomic mass is 16.5. The molecule has 0 radical (unpaired) electrons. The quantitative estimate of drug-likeness (QED) is 0.771. The van der Waals surface area contributed by atoms with Crippen molar-refractivity contribution in [3.8, 4) is 0 Å². The van der Waals surface area contributed by atoms with Gasteiger partial charge in [-0.15, -0.1) is 0 Å². The largest absolute Gasteiger partial charge is 0.478 e. The Balaban J connectivity index is 2.29. The van der Waals surface area contributed by atoms with Crippen LogP contribution >= 0.6 is 0 Å². The highest BCUT2D eigenvalue weighted by Crippen LogP contribution is 2.29. The maximum absolute atomic E-state index is 11.4. The number of aromatic nitrogens is 1. The van der Waals surface area contributed by atoms with E-state index in [0.717, 1.165) is 0 Å². The van der Waals surface area contributed by atoms with Gasteiger partial charge in [0.15, 0.2) is 0 Å². The van der Waals surface area contributed by atoms with Crippen molar-refractivity contribution in [2.75, 3.05) is 18.6 Å². The molecule has 1 aromatic heterocycles. The Morgan fingerprint density at radius 1 is 1.59 bits per heavy atom. The van der Waals surface area contributed by atoms with Crippen LogP contribution in [0, 0.1) is 0 Å². The Labute approximate surface area is 97.8 Å². The van der Waals surface area contributed by atoms with E-state index in [1.54, 1.807) is 11.0 Å². The van der Waals surface area contributed by atoms with E-state index >= 15 is 0 Å². The average Bonchev–Trinajstić information content (AvgIpc) is 2.28. The van der Waals surface area contributed by atoms with E-state index in [2.05, 4.69) is 9.72 Å². The van der Waals surface area contributed by atoms with Crippen LogP contribution in [0.3, 0.4) is 0 Å². The summed E-state index contributed by atoms with van der Waals surface area (Å²) in [7, 11) is 1.32. The molecule has 0 spiro atoms. The van der Waals surface area contributed by atoms with E-state index in [1.165, 1.54) is 19.5 Å². The van der Waals surface area contributed by atoms with Crippen molar-refractivity contribution in [3.05, 3.63) is 24.0 Å². The molecule has 0 amide bonds. The van der Waals surface area contributed by atoms with Crippen molar-refractivity contribution in [1.29, 1.82) is 0 Å². The Bertz CT molecular complexity index is 461. The summed E-state index contributed by atoms with van der Waals surface area (Å²) in [4.78, 5) is 28.0. The maximum atomic E-state index is 11.4. The lowest BCUT2D eigenvalue weighted by atomic mass is 10.0. The van der Waals surface area contributed by atoms with Crippen LogP contribution in [0.2, 0.25) is 0 Å². The summed E-state index contributed by atoms with van der Waals surface area (Å²) in [5, 5.41) is 9.03. The van der Waals surface area contributed by atoms with Crippen molar-refractivity contribution in [1.82, 2.24) is 4.98 Å².